The number of carbonyl (C=O) groups excluding carboxylic acids is 1. The van der Waals surface area contributed by atoms with Crippen molar-refractivity contribution in [2.45, 2.75) is 37.6 Å². The fourth-order valence-corrected chi connectivity index (χ4v) is 2.41. The molecule has 0 aliphatic carbocycles. The number of benzene rings is 1. The highest BCUT2D eigenvalue weighted by atomic mass is 32.2. The van der Waals surface area contributed by atoms with Crippen LogP contribution in [-0.2, 0) is 14.8 Å². The Morgan fingerprint density at radius 1 is 1.38 bits per heavy atom. The Hall–Kier alpha value is -1.67. The largest absolute Gasteiger partial charge is 0.482 e. The molecule has 0 spiro atoms. The molecule has 8 heteroatoms. The van der Waals surface area contributed by atoms with E-state index >= 15 is 0 Å². The smallest absolute Gasteiger partial charge is 0.258 e. The van der Waals surface area contributed by atoms with Crippen LogP contribution in [0, 0.1) is 5.82 Å². The highest BCUT2D eigenvalue weighted by Gasteiger charge is 2.17. The molecule has 0 fully saturated rings. The van der Waals surface area contributed by atoms with Crippen LogP contribution in [0.25, 0.3) is 0 Å². The first-order chi connectivity index (χ1) is 9.77. The molecule has 1 amide bonds. The molecule has 0 aliphatic heterocycles. The topological polar surface area (TPSA) is 98.5 Å². The highest BCUT2D eigenvalue weighted by molar-refractivity contribution is 7.89. The number of carbonyl (C=O) groups is 1. The van der Waals surface area contributed by atoms with Gasteiger partial charge in [0.15, 0.2) is 6.61 Å². The van der Waals surface area contributed by atoms with E-state index in [1.54, 1.807) is 0 Å². The lowest BCUT2D eigenvalue weighted by Crippen LogP contribution is -2.37. The standard InChI is InChI=1S/C13H19FN2O4S/c1-3-10(4-2)16-13(17)8-20-11-6-5-9(14)7-12(11)21(15,18)19/h5-7,10H,3-4,8H2,1-2H3,(H,16,17)(H2,15,18,19). The average molecular weight is 318 g/mol. The van der Waals surface area contributed by atoms with E-state index in [4.69, 9.17) is 9.88 Å². The second-order valence-corrected chi connectivity index (χ2v) is 6.04. The predicted octanol–water partition coefficient (Wildman–Crippen LogP) is 1.16. The van der Waals surface area contributed by atoms with Gasteiger partial charge in [-0.2, -0.15) is 0 Å². The van der Waals surface area contributed by atoms with Crippen molar-refractivity contribution in [3.8, 4) is 5.75 Å². The van der Waals surface area contributed by atoms with Crippen LogP contribution in [0.2, 0.25) is 0 Å². The number of hydrogen-bond donors (Lipinski definition) is 2. The number of amides is 1. The summed E-state index contributed by atoms with van der Waals surface area (Å²) in [6, 6.07) is 2.94. The monoisotopic (exact) mass is 318 g/mol. The molecule has 3 N–H and O–H groups in total. The Morgan fingerprint density at radius 3 is 2.52 bits per heavy atom. The maximum Gasteiger partial charge on any atom is 0.258 e. The summed E-state index contributed by atoms with van der Waals surface area (Å²) >= 11 is 0. The first kappa shape index (κ1) is 17.4. The quantitative estimate of drug-likeness (QED) is 0.788. The number of ether oxygens (including phenoxy) is 1. The van der Waals surface area contributed by atoms with E-state index in [0.717, 1.165) is 31.0 Å². The van der Waals surface area contributed by atoms with Gasteiger partial charge in [-0.1, -0.05) is 13.8 Å². The summed E-state index contributed by atoms with van der Waals surface area (Å²) in [6.07, 6.45) is 1.56. The molecule has 1 rings (SSSR count). The van der Waals surface area contributed by atoms with Crippen LogP contribution in [0.5, 0.6) is 5.75 Å². The van der Waals surface area contributed by atoms with Gasteiger partial charge in [0.1, 0.15) is 16.5 Å². The van der Waals surface area contributed by atoms with Crippen LogP contribution in [0.15, 0.2) is 23.1 Å². The van der Waals surface area contributed by atoms with Gasteiger partial charge in [-0.3, -0.25) is 4.79 Å². The minimum absolute atomic E-state index is 0.0343. The second-order valence-electron chi connectivity index (χ2n) is 4.51. The van der Waals surface area contributed by atoms with Gasteiger partial charge in [-0.25, -0.2) is 17.9 Å². The summed E-state index contributed by atoms with van der Waals surface area (Å²) < 4.78 is 40.9. The molecule has 0 radical (unpaired) electrons. The lowest BCUT2D eigenvalue weighted by atomic mass is 10.2. The summed E-state index contributed by atoms with van der Waals surface area (Å²) in [6.45, 7) is 3.51. The minimum Gasteiger partial charge on any atom is -0.482 e. The summed E-state index contributed by atoms with van der Waals surface area (Å²) in [5.74, 6) is -1.29. The Kier molecular flexibility index (Phi) is 6.10. The van der Waals surface area contributed by atoms with Crippen LogP contribution in [-0.4, -0.2) is 27.0 Å². The Balaban J connectivity index is 2.78. The van der Waals surface area contributed by atoms with E-state index < -0.39 is 20.7 Å². The number of hydrogen-bond acceptors (Lipinski definition) is 4. The fourth-order valence-electron chi connectivity index (χ4n) is 1.73. The molecule has 0 saturated carbocycles. The number of sulfonamides is 1. The van der Waals surface area contributed by atoms with Crippen LogP contribution in [0.4, 0.5) is 4.39 Å². The molecular weight excluding hydrogens is 299 g/mol. The predicted molar refractivity (Wildman–Crippen MR) is 75.8 cm³/mol. The van der Waals surface area contributed by atoms with Gasteiger partial charge in [0.05, 0.1) is 0 Å². The van der Waals surface area contributed by atoms with Crippen molar-refractivity contribution in [2.75, 3.05) is 6.61 Å². The van der Waals surface area contributed by atoms with Crippen molar-refractivity contribution in [2.24, 2.45) is 5.14 Å². The third-order valence-corrected chi connectivity index (χ3v) is 3.85. The molecule has 0 saturated heterocycles. The van der Waals surface area contributed by atoms with Gasteiger partial charge in [0.25, 0.3) is 5.91 Å². The van der Waals surface area contributed by atoms with Crippen molar-refractivity contribution < 1.29 is 22.3 Å². The maximum atomic E-state index is 13.1. The van der Waals surface area contributed by atoms with Crippen molar-refractivity contribution in [1.29, 1.82) is 0 Å². The lowest BCUT2D eigenvalue weighted by Gasteiger charge is -2.15. The zero-order valence-corrected chi connectivity index (χ0v) is 12.7. The molecule has 6 nitrogen and oxygen atoms in total. The lowest BCUT2D eigenvalue weighted by molar-refractivity contribution is -0.123. The third kappa shape index (κ3) is 5.31. The molecule has 1 aromatic carbocycles. The van der Waals surface area contributed by atoms with Crippen molar-refractivity contribution in [1.82, 2.24) is 5.32 Å². The zero-order valence-electron chi connectivity index (χ0n) is 11.9. The first-order valence-corrected chi connectivity index (χ1v) is 8.07. The first-order valence-electron chi connectivity index (χ1n) is 6.52. The second kappa shape index (κ2) is 7.37. The van der Waals surface area contributed by atoms with Crippen molar-refractivity contribution in [3.05, 3.63) is 24.0 Å². The van der Waals surface area contributed by atoms with E-state index in [9.17, 15) is 17.6 Å². The van der Waals surface area contributed by atoms with Gasteiger partial charge in [0, 0.05) is 6.04 Å². The molecule has 118 valence electrons. The van der Waals surface area contributed by atoms with Crippen LogP contribution in [0.1, 0.15) is 26.7 Å². The molecule has 21 heavy (non-hydrogen) atoms. The van der Waals surface area contributed by atoms with Crippen molar-refractivity contribution in [3.63, 3.8) is 0 Å². The van der Waals surface area contributed by atoms with E-state index in [1.807, 2.05) is 13.8 Å². The van der Waals surface area contributed by atoms with E-state index in [0.29, 0.717) is 0 Å². The van der Waals surface area contributed by atoms with Gasteiger partial charge in [0.2, 0.25) is 10.0 Å². The third-order valence-electron chi connectivity index (χ3n) is 2.92. The van der Waals surface area contributed by atoms with Gasteiger partial charge < -0.3 is 10.1 Å². The maximum absolute atomic E-state index is 13.1. The molecule has 1 aromatic rings. The van der Waals surface area contributed by atoms with Crippen LogP contribution < -0.4 is 15.2 Å². The number of halogens is 1. The number of nitrogens with two attached hydrogens (primary N) is 1. The average Bonchev–Trinajstić information content (AvgIpc) is 2.42. The molecule has 0 aromatic heterocycles. The summed E-state index contributed by atoms with van der Waals surface area (Å²) in [5.41, 5.74) is 0. The molecular formula is C13H19FN2O4S. The van der Waals surface area contributed by atoms with E-state index in [2.05, 4.69) is 5.32 Å². The van der Waals surface area contributed by atoms with Crippen molar-refractivity contribution >= 4 is 15.9 Å². The van der Waals surface area contributed by atoms with E-state index in [1.165, 1.54) is 0 Å². The Morgan fingerprint density at radius 2 is 2.00 bits per heavy atom. The van der Waals surface area contributed by atoms with Crippen LogP contribution >= 0.6 is 0 Å². The summed E-state index contributed by atoms with van der Waals surface area (Å²) in [7, 11) is -4.13. The Labute approximate surface area is 123 Å². The van der Waals surface area contributed by atoms with E-state index in [-0.39, 0.29) is 24.3 Å². The zero-order chi connectivity index (χ0) is 16.0. The van der Waals surface area contributed by atoms with Gasteiger partial charge in [-0.05, 0) is 31.0 Å². The SMILES string of the molecule is CCC(CC)NC(=O)COc1ccc(F)cc1S(N)(=O)=O. The normalized spacial score (nSPS) is 11.5. The molecule has 0 heterocycles. The molecule has 0 atom stereocenters. The summed E-state index contributed by atoms with van der Waals surface area (Å²) in [4.78, 5) is 11.2. The van der Waals surface area contributed by atoms with Gasteiger partial charge >= 0.3 is 0 Å². The fraction of sp³-hybridized carbons (Fsp3) is 0.462. The summed E-state index contributed by atoms with van der Waals surface area (Å²) in [5, 5.41) is 7.72. The number of rotatable bonds is 7. The van der Waals surface area contributed by atoms with Crippen LogP contribution in [0.3, 0.4) is 0 Å². The number of primary sulfonamides is 1. The molecule has 0 bridgehead atoms. The Bertz CT molecular complexity index is 600. The molecule has 0 unspecified atom stereocenters. The van der Waals surface area contributed by atoms with Gasteiger partial charge in [-0.15, -0.1) is 0 Å². The highest BCUT2D eigenvalue weighted by Crippen LogP contribution is 2.23. The number of nitrogens with one attached hydrogen (secondary N) is 1. The minimum atomic E-state index is -4.13. The molecule has 0 aliphatic rings.